The second-order valence-electron chi connectivity index (χ2n) is 8.49. The van der Waals surface area contributed by atoms with Crippen LogP contribution >= 0.6 is 0 Å². The molecular formula is C24H27N5O2. The van der Waals surface area contributed by atoms with Gasteiger partial charge in [0.2, 0.25) is 5.91 Å². The Bertz CT molecular complexity index is 1080. The molecule has 31 heavy (non-hydrogen) atoms. The van der Waals surface area contributed by atoms with Gasteiger partial charge in [-0.25, -0.2) is 9.97 Å². The van der Waals surface area contributed by atoms with Crippen LogP contribution in [0.25, 0.3) is 11.2 Å². The molecule has 160 valence electrons. The van der Waals surface area contributed by atoms with E-state index < -0.39 is 0 Å². The van der Waals surface area contributed by atoms with E-state index in [2.05, 4.69) is 22.1 Å². The van der Waals surface area contributed by atoms with Gasteiger partial charge in [-0.3, -0.25) is 9.59 Å². The molecule has 1 saturated carbocycles. The fourth-order valence-corrected chi connectivity index (χ4v) is 4.35. The molecule has 2 fully saturated rings. The molecule has 3 heterocycles. The van der Waals surface area contributed by atoms with E-state index in [0.29, 0.717) is 31.7 Å². The van der Waals surface area contributed by atoms with Crippen LogP contribution in [0.3, 0.4) is 0 Å². The van der Waals surface area contributed by atoms with Crippen LogP contribution in [0.15, 0.2) is 48.9 Å². The highest BCUT2D eigenvalue weighted by molar-refractivity contribution is 5.96. The van der Waals surface area contributed by atoms with Crippen molar-refractivity contribution in [1.82, 2.24) is 24.3 Å². The molecule has 7 nitrogen and oxygen atoms in total. The van der Waals surface area contributed by atoms with Crippen LogP contribution in [0.4, 0.5) is 0 Å². The van der Waals surface area contributed by atoms with Gasteiger partial charge in [0, 0.05) is 44.8 Å². The van der Waals surface area contributed by atoms with E-state index in [4.69, 9.17) is 0 Å². The Labute approximate surface area is 181 Å². The number of piperazine rings is 1. The zero-order valence-electron chi connectivity index (χ0n) is 17.6. The van der Waals surface area contributed by atoms with Crippen molar-refractivity contribution < 1.29 is 9.59 Å². The monoisotopic (exact) mass is 417 g/mol. The van der Waals surface area contributed by atoms with Gasteiger partial charge in [-0.15, -0.1) is 0 Å². The maximum Gasteiger partial charge on any atom is 0.255 e. The lowest BCUT2D eigenvalue weighted by atomic mass is 9.84. The van der Waals surface area contributed by atoms with Crippen LogP contribution in [0.2, 0.25) is 0 Å². The summed E-state index contributed by atoms with van der Waals surface area (Å²) in [5, 5.41) is 0. The molecule has 1 aromatic carbocycles. The minimum absolute atomic E-state index is 0.0380. The van der Waals surface area contributed by atoms with E-state index in [0.717, 1.165) is 43.4 Å². The molecule has 2 aromatic heterocycles. The molecule has 5 rings (SSSR count). The molecule has 3 aromatic rings. The van der Waals surface area contributed by atoms with E-state index >= 15 is 0 Å². The van der Waals surface area contributed by atoms with Crippen molar-refractivity contribution in [3.05, 3.63) is 60.0 Å². The predicted octanol–water partition coefficient (Wildman–Crippen LogP) is 2.76. The Morgan fingerprint density at radius 1 is 0.968 bits per heavy atom. The van der Waals surface area contributed by atoms with Crippen molar-refractivity contribution in [3.8, 4) is 0 Å². The predicted molar refractivity (Wildman–Crippen MR) is 117 cm³/mol. The summed E-state index contributed by atoms with van der Waals surface area (Å²) in [6, 6.07) is 12.2. The molecule has 0 bridgehead atoms. The molecule has 2 aliphatic rings. The fourth-order valence-electron chi connectivity index (χ4n) is 4.35. The Kier molecular flexibility index (Phi) is 5.40. The van der Waals surface area contributed by atoms with Crippen LogP contribution in [0, 0.1) is 5.92 Å². The number of aromatic nitrogens is 3. The Morgan fingerprint density at radius 3 is 2.42 bits per heavy atom. The summed E-state index contributed by atoms with van der Waals surface area (Å²) in [6.07, 6.45) is 7.53. The quantitative estimate of drug-likeness (QED) is 0.640. The van der Waals surface area contributed by atoms with Gasteiger partial charge >= 0.3 is 0 Å². The first-order valence-electron chi connectivity index (χ1n) is 11.1. The molecule has 1 saturated heterocycles. The van der Waals surface area contributed by atoms with Crippen molar-refractivity contribution >= 4 is 23.0 Å². The van der Waals surface area contributed by atoms with Crippen LogP contribution in [-0.2, 0) is 17.8 Å². The van der Waals surface area contributed by atoms with Crippen LogP contribution < -0.4 is 0 Å². The number of nitrogens with zero attached hydrogens (tertiary/aromatic N) is 5. The maximum absolute atomic E-state index is 13.0. The normalized spacial score (nSPS) is 17.0. The number of benzene rings is 1. The third kappa shape index (κ3) is 4.04. The average Bonchev–Trinajstić information content (AvgIpc) is 3.19. The molecule has 2 amide bonds. The number of hydrogen-bond donors (Lipinski definition) is 0. The highest BCUT2D eigenvalue weighted by Crippen LogP contribution is 2.28. The summed E-state index contributed by atoms with van der Waals surface area (Å²) in [5.74, 6) is 0.442. The number of hydrogen-bond acceptors (Lipinski definition) is 4. The zero-order valence-corrected chi connectivity index (χ0v) is 17.6. The maximum atomic E-state index is 13.0. The number of imidazole rings is 1. The van der Waals surface area contributed by atoms with E-state index in [1.54, 1.807) is 12.5 Å². The van der Waals surface area contributed by atoms with Crippen molar-refractivity contribution in [2.24, 2.45) is 5.92 Å². The number of rotatable bonds is 5. The Balaban J connectivity index is 1.22. The van der Waals surface area contributed by atoms with Gasteiger partial charge in [0.05, 0.1) is 11.9 Å². The number of fused-ring (bicyclic) bond motifs is 1. The van der Waals surface area contributed by atoms with Gasteiger partial charge in [-0.2, -0.15) is 0 Å². The summed E-state index contributed by atoms with van der Waals surface area (Å²) in [6.45, 7) is 3.16. The van der Waals surface area contributed by atoms with E-state index in [-0.39, 0.29) is 17.7 Å². The van der Waals surface area contributed by atoms with E-state index in [1.807, 2.05) is 38.6 Å². The summed E-state index contributed by atoms with van der Waals surface area (Å²) < 4.78 is 2.03. The van der Waals surface area contributed by atoms with Crippen molar-refractivity contribution in [2.45, 2.75) is 32.2 Å². The standard InChI is InChI=1S/C24H27N5O2/c30-23(19-7-4-8-19)27-11-13-28(14-12-27)24(31)20-15-21-22(25-16-20)29(17-26-21)10-9-18-5-2-1-3-6-18/h1-3,5-6,15-17,19H,4,7-14H2. The largest absolute Gasteiger partial charge is 0.339 e. The molecule has 0 atom stereocenters. The fraction of sp³-hybridized carbons (Fsp3) is 0.417. The number of carbonyl (C=O) groups excluding carboxylic acids is 2. The molecule has 7 heteroatoms. The minimum atomic E-state index is -0.0380. The van der Waals surface area contributed by atoms with E-state index in [9.17, 15) is 9.59 Å². The van der Waals surface area contributed by atoms with Crippen molar-refractivity contribution in [3.63, 3.8) is 0 Å². The van der Waals surface area contributed by atoms with Gasteiger partial charge in [0.25, 0.3) is 5.91 Å². The lowest BCUT2D eigenvalue weighted by Gasteiger charge is -2.38. The SMILES string of the molecule is O=C(c1cnc2c(c1)ncn2CCc1ccccc1)N1CCN(C(=O)C2CCC2)CC1. The number of amides is 2. The third-order valence-electron chi connectivity index (χ3n) is 6.52. The van der Waals surface area contributed by atoms with Gasteiger partial charge in [-0.1, -0.05) is 36.8 Å². The first-order chi connectivity index (χ1) is 15.2. The van der Waals surface area contributed by atoms with Gasteiger partial charge in [0.15, 0.2) is 5.65 Å². The second kappa shape index (κ2) is 8.49. The molecule has 1 aliphatic carbocycles. The Morgan fingerprint density at radius 2 is 1.71 bits per heavy atom. The van der Waals surface area contributed by atoms with Crippen LogP contribution in [0.5, 0.6) is 0 Å². The molecular weight excluding hydrogens is 390 g/mol. The first-order valence-corrected chi connectivity index (χ1v) is 11.1. The summed E-state index contributed by atoms with van der Waals surface area (Å²) in [4.78, 5) is 38.2. The van der Waals surface area contributed by atoms with Crippen LogP contribution in [-0.4, -0.2) is 62.3 Å². The lowest BCUT2D eigenvalue weighted by Crippen LogP contribution is -2.52. The summed E-state index contributed by atoms with van der Waals surface area (Å²) in [5.41, 5.74) is 3.35. The Hall–Kier alpha value is -3.22. The number of aryl methyl sites for hydroxylation is 2. The zero-order chi connectivity index (χ0) is 21.2. The molecule has 0 unspecified atom stereocenters. The van der Waals surface area contributed by atoms with Gasteiger partial charge < -0.3 is 14.4 Å². The highest BCUT2D eigenvalue weighted by atomic mass is 16.2. The molecule has 1 aliphatic heterocycles. The lowest BCUT2D eigenvalue weighted by molar-refractivity contribution is -0.139. The number of carbonyl (C=O) groups is 2. The van der Waals surface area contributed by atoms with Gasteiger partial charge in [-0.05, 0) is 30.9 Å². The third-order valence-corrected chi connectivity index (χ3v) is 6.52. The van der Waals surface area contributed by atoms with Crippen molar-refractivity contribution in [1.29, 1.82) is 0 Å². The van der Waals surface area contributed by atoms with Gasteiger partial charge in [0.1, 0.15) is 5.52 Å². The summed E-state index contributed by atoms with van der Waals surface area (Å²) >= 11 is 0. The minimum Gasteiger partial charge on any atom is -0.339 e. The molecule has 0 spiro atoms. The topological polar surface area (TPSA) is 71.3 Å². The summed E-state index contributed by atoms with van der Waals surface area (Å²) in [7, 11) is 0. The van der Waals surface area contributed by atoms with Crippen LogP contribution in [0.1, 0.15) is 35.2 Å². The second-order valence-corrected chi connectivity index (χ2v) is 8.49. The van der Waals surface area contributed by atoms with Crippen molar-refractivity contribution in [2.75, 3.05) is 26.2 Å². The molecule has 0 N–H and O–H groups in total. The first kappa shape index (κ1) is 19.7. The molecule has 0 radical (unpaired) electrons. The van der Waals surface area contributed by atoms with E-state index in [1.165, 1.54) is 5.56 Å². The smallest absolute Gasteiger partial charge is 0.255 e. The number of pyridine rings is 1. The highest BCUT2D eigenvalue weighted by Gasteiger charge is 2.32. The average molecular weight is 418 g/mol.